The Kier molecular flexibility index (Phi) is 11.7. The van der Waals surface area contributed by atoms with Crippen molar-refractivity contribution >= 4 is 5.76 Å². The lowest BCUT2D eigenvalue weighted by atomic mass is 9.81. The molecule has 16 atom stereocenters. The second kappa shape index (κ2) is 15.8. The van der Waals surface area contributed by atoms with Crippen molar-refractivity contribution in [3.63, 3.8) is 0 Å². The molecule has 3 fully saturated rings. The van der Waals surface area contributed by atoms with Crippen LogP contribution >= 0.6 is 0 Å². The quantitative estimate of drug-likeness (QED) is 0.0845. The van der Waals surface area contributed by atoms with Crippen LogP contribution in [0.1, 0.15) is 18.9 Å². The van der Waals surface area contributed by atoms with Gasteiger partial charge in [0.15, 0.2) is 41.5 Å². The van der Waals surface area contributed by atoms with Crippen LogP contribution in [-0.4, -0.2) is 176 Å². The number of hydrogen-bond acceptors (Lipinski definition) is 18. The highest BCUT2D eigenvalue weighted by atomic mass is 16.7. The van der Waals surface area contributed by atoms with Crippen LogP contribution in [0.5, 0.6) is 11.5 Å². The molecule has 6 rings (SSSR count). The fourth-order valence-corrected chi connectivity index (χ4v) is 6.80. The van der Waals surface area contributed by atoms with Gasteiger partial charge in [-0.05, 0) is 31.2 Å². The molecule has 19 nitrogen and oxygen atoms in total. The third-order valence-corrected chi connectivity index (χ3v) is 10.0. The van der Waals surface area contributed by atoms with E-state index in [9.17, 15) is 66.4 Å². The first kappa shape index (κ1) is 39.3. The van der Waals surface area contributed by atoms with E-state index in [2.05, 4.69) is 4.74 Å². The van der Waals surface area contributed by atoms with Crippen LogP contribution in [0.3, 0.4) is 0 Å². The monoisotopic (exact) mass is 757 g/mol. The zero-order valence-corrected chi connectivity index (χ0v) is 28.1. The molecule has 0 radical (unpaired) electrons. The Labute approximate surface area is 301 Å². The van der Waals surface area contributed by atoms with Crippen LogP contribution in [0.2, 0.25) is 0 Å². The van der Waals surface area contributed by atoms with E-state index in [1.54, 1.807) is 0 Å². The molecular weight excluding hydrogens is 712 g/mol. The summed E-state index contributed by atoms with van der Waals surface area (Å²) < 4.78 is 33.6. The first-order valence-electron chi connectivity index (χ1n) is 16.9. The number of fused-ring (bicyclic) bond motifs is 1. The van der Waals surface area contributed by atoms with Crippen molar-refractivity contribution in [3.8, 4) is 11.5 Å². The van der Waals surface area contributed by atoms with Crippen LogP contribution in [-0.2, 0) is 23.7 Å². The lowest BCUT2D eigenvalue weighted by molar-refractivity contribution is -0.323. The van der Waals surface area contributed by atoms with E-state index in [0.29, 0.717) is 0 Å². The summed E-state index contributed by atoms with van der Waals surface area (Å²) in [6.45, 7) is 0.358. The Morgan fingerprint density at radius 3 is 2.13 bits per heavy atom. The van der Waals surface area contributed by atoms with Gasteiger partial charge < -0.3 is 94.8 Å². The highest BCUT2D eigenvalue weighted by Crippen LogP contribution is 2.41. The molecular formula is C34H45O19+. The van der Waals surface area contributed by atoms with Gasteiger partial charge in [0.25, 0.3) is 0 Å². The van der Waals surface area contributed by atoms with Crippen molar-refractivity contribution in [3.05, 3.63) is 64.8 Å². The Morgan fingerprint density at radius 2 is 1.43 bits per heavy atom. The zero-order valence-electron chi connectivity index (χ0n) is 28.1. The van der Waals surface area contributed by atoms with E-state index in [1.807, 2.05) is 0 Å². The van der Waals surface area contributed by atoms with E-state index in [-0.39, 0.29) is 40.6 Å². The molecule has 294 valence electrons. The van der Waals surface area contributed by atoms with E-state index in [4.69, 9.17) is 23.7 Å². The maximum Gasteiger partial charge on any atom is 0.229 e. The summed E-state index contributed by atoms with van der Waals surface area (Å²) in [6.07, 6.45) is -18.7. The largest absolute Gasteiger partial charge is 0.508 e. The number of phenolic OH excluding ortho intramolecular Hbond substituents is 2. The molecule has 1 unspecified atom stereocenters. The molecule has 14 N–H and O–H groups in total. The number of phenols is 2. The van der Waals surface area contributed by atoms with Gasteiger partial charge in [0.2, 0.25) is 12.4 Å². The van der Waals surface area contributed by atoms with Crippen LogP contribution < -0.4 is 0 Å². The van der Waals surface area contributed by atoms with Crippen LogP contribution in [0.25, 0.3) is 5.76 Å². The molecule has 5 aliphatic rings. The predicted molar refractivity (Wildman–Crippen MR) is 174 cm³/mol. The fraction of sp³-hybridized carbons (Fsp3) is 0.588. The van der Waals surface area contributed by atoms with Gasteiger partial charge in [0, 0.05) is 36.7 Å². The molecule has 3 heterocycles. The second-order valence-corrected chi connectivity index (χ2v) is 13.7. The molecule has 0 amide bonds. The zero-order chi connectivity index (χ0) is 38.5. The number of rotatable bonds is 9. The highest BCUT2D eigenvalue weighted by Gasteiger charge is 2.50. The second-order valence-electron chi connectivity index (χ2n) is 13.7. The average Bonchev–Trinajstić information content (AvgIpc) is 3.13. The third kappa shape index (κ3) is 7.77. The minimum atomic E-state index is -1.90. The summed E-state index contributed by atoms with van der Waals surface area (Å²) in [6, 6.07) is 3.63. The Hall–Kier alpha value is -3.38. The van der Waals surface area contributed by atoms with Gasteiger partial charge in [-0.15, -0.1) is 0 Å². The molecule has 1 aromatic carbocycles. The van der Waals surface area contributed by atoms with E-state index >= 15 is 0 Å². The SMILES string of the molecule is C[C@@H]1O[C@@H](OC[C@H]2O[C@@H](OC3=C(c4ccc(O)c(O)c4)OC4=CC(O)=CC([OH+][C@@H]5C[C@H](CO)[C@H](O)[C@H](O)[C@H]5O)C4=C3)[C@H](O)[C@@H](O)[C@@H]2O)[C@H](O)[C@H](O)[C@H]1O. The average molecular weight is 758 g/mol. The van der Waals surface area contributed by atoms with E-state index in [0.717, 1.165) is 12.1 Å². The van der Waals surface area contributed by atoms with E-state index < -0.39 is 123 Å². The molecule has 0 spiro atoms. The molecule has 2 saturated heterocycles. The lowest BCUT2D eigenvalue weighted by Crippen LogP contribution is -2.61. The molecule has 1 aromatic rings. The topological polar surface area (TPSA) is 322 Å². The molecule has 2 aliphatic carbocycles. The lowest BCUT2D eigenvalue weighted by Gasteiger charge is -2.42. The first-order chi connectivity index (χ1) is 25.1. The highest BCUT2D eigenvalue weighted by molar-refractivity contribution is 5.71. The van der Waals surface area contributed by atoms with Gasteiger partial charge >= 0.3 is 0 Å². The van der Waals surface area contributed by atoms with Gasteiger partial charge in [0.1, 0.15) is 60.4 Å². The number of ether oxygens (including phenoxy) is 6. The minimum absolute atomic E-state index is 0.0117. The van der Waals surface area contributed by atoms with Crippen LogP contribution in [0.4, 0.5) is 0 Å². The normalized spacial score (nSPS) is 41.8. The fourth-order valence-electron chi connectivity index (χ4n) is 6.80. The summed E-state index contributed by atoms with van der Waals surface area (Å²) >= 11 is 0. The van der Waals surface area contributed by atoms with Crippen molar-refractivity contribution in [2.24, 2.45) is 5.92 Å². The summed E-state index contributed by atoms with van der Waals surface area (Å²) in [5.41, 5.74) is 0.325. The molecule has 0 bridgehead atoms. The van der Waals surface area contributed by atoms with Gasteiger partial charge in [-0.1, -0.05) is 0 Å². The van der Waals surface area contributed by atoms with Crippen molar-refractivity contribution in [1.29, 1.82) is 0 Å². The number of aliphatic hydroxyl groups is 13. The van der Waals surface area contributed by atoms with Gasteiger partial charge in [-0.25, -0.2) is 0 Å². The summed E-state index contributed by atoms with van der Waals surface area (Å²) in [7, 11) is 0. The van der Waals surface area contributed by atoms with Crippen molar-refractivity contribution in [1.82, 2.24) is 0 Å². The number of aromatic hydroxyl groups is 2. The standard InChI is InChI=1S/C34H44O19/c1-11-23(39)27(43)30(46)33(49-11)48-10-22-26(42)29(45)31(47)34(53-22)52-21-8-15-18(50-20-5-13(9-35)24(40)28(44)25(20)41)6-14(36)7-19(15)51-32(21)12-2-3-16(37)17(38)4-12/h2-4,6-8,11,13,18,20,22-31,33-47H,5,9-10H2,1H3/p+1/t11-,13+,18?,20+,22+,23-,24-,25-,26+,27+,28-,29-,30+,31+,33+,34+/m0/s1. The van der Waals surface area contributed by atoms with Crippen molar-refractivity contribution in [2.75, 3.05) is 13.2 Å². The van der Waals surface area contributed by atoms with E-state index in [1.165, 1.54) is 31.2 Å². The number of benzene rings is 1. The Morgan fingerprint density at radius 1 is 0.755 bits per heavy atom. The maximum absolute atomic E-state index is 11.0. The van der Waals surface area contributed by atoms with Gasteiger partial charge in [0.05, 0.1) is 24.4 Å². The van der Waals surface area contributed by atoms with Crippen LogP contribution in [0.15, 0.2) is 59.3 Å². The number of aliphatic hydroxyl groups excluding tert-OH is 11. The smallest absolute Gasteiger partial charge is 0.229 e. The van der Waals surface area contributed by atoms with Gasteiger partial charge in [-0.2, -0.15) is 0 Å². The summed E-state index contributed by atoms with van der Waals surface area (Å²) in [5, 5.41) is 135. The Bertz CT molecular complexity index is 1610. The maximum atomic E-state index is 11.0. The van der Waals surface area contributed by atoms with Crippen molar-refractivity contribution in [2.45, 2.75) is 105 Å². The predicted octanol–water partition coefficient (Wildman–Crippen LogP) is -3.91. The minimum Gasteiger partial charge on any atom is -0.508 e. The Balaban J connectivity index is 1.30. The molecule has 19 heteroatoms. The van der Waals surface area contributed by atoms with Crippen molar-refractivity contribution < 1.29 is 94.8 Å². The first-order valence-corrected chi connectivity index (χ1v) is 16.9. The number of allylic oxidation sites excluding steroid dienone is 2. The summed E-state index contributed by atoms with van der Waals surface area (Å²) in [5.74, 6) is -2.48. The molecule has 3 aliphatic heterocycles. The number of hydrogen-bond donors (Lipinski definition) is 13. The van der Waals surface area contributed by atoms with Gasteiger partial charge in [-0.3, -0.25) is 0 Å². The molecule has 1 saturated carbocycles. The molecule has 53 heavy (non-hydrogen) atoms. The third-order valence-electron chi connectivity index (χ3n) is 10.0. The summed E-state index contributed by atoms with van der Waals surface area (Å²) in [4.78, 5) is 0. The van der Waals surface area contributed by atoms with Crippen LogP contribution in [0, 0.1) is 5.92 Å². The molecule has 0 aromatic heterocycles.